The number of nitrogens with one attached hydrogen (secondary N) is 1. The van der Waals surface area contributed by atoms with Gasteiger partial charge in [-0.2, -0.15) is 0 Å². The molecule has 0 amide bonds. The number of hydrogen-bond acceptors (Lipinski definition) is 1. The number of fused-ring (bicyclic) bond motifs is 1. The van der Waals surface area contributed by atoms with Crippen molar-refractivity contribution in [2.45, 2.75) is 50.6 Å². The van der Waals surface area contributed by atoms with Crippen LogP contribution in [0, 0.1) is 17.8 Å². The van der Waals surface area contributed by atoms with Crippen molar-refractivity contribution in [2.75, 3.05) is 0 Å². The van der Waals surface area contributed by atoms with E-state index in [0.717, 1.165) is 24.3 Å². The van der Waals surface area contributed by atoms with E-state index in [1.54, 1.807) is 0 Å². The monoisotopic (exact) mass is 291 g/mol. The first-order chi connectivity index (χ1) is 10.8. The average Bonchev–Trinajstić information content (AvgIpc) is 2.52. The minimum absolute atomic E-state index is 0.464. The molecule has 6 rings (SSSR count). The molecule has 1 nitrogen and oxygen atoms in total. The molecule has 2 aromatic rings. The van der Waals surface area contributed by atoms with Gasteiger partial charge in [0.2, 0.25) is 0 Å². The Balaban J connectivity index is 1.40. The van der Waals surface area contributed by atoms with Crippen LogP contribution in [0.3, 0.4) is 0 Å². The van der Waals surface area contributed by atoms with Crippen molar-refractivity contribution in [3.63, 3.8) is 0 Å². The molecule has 1 N–H and O–H groups in total. The van der Waals surface area contributed by atoms with Crippen LogP contribution in [0.15, 0.2) is 42.5 Å². The van der Waals surface area contributed by atoms with Crippen LogP contribution < -0.4 is 5.32 Å². The van der Waals surface area contributed by atoms with Crippen molar-refractivity contribution in [3.8, 4) is 0 Å². The molecule has 0 radical (unpaired) electrons. The summed E-state index contributed by atoms with van der Waals surface area (Å²) in [4.78, 5) is 0. The summed E-state index contributed by atoms with van der Waals surface area (Å²) in [6, 6.07) is 15.5. The summed E-state index contributed by atoms with van der Waals surface area (Å²) in [5.41, 5.74) is 1.93. The van der Waals surface area contributed by atoms with Gasteiger partial charge in [-0.05, 0) is 72.6 Å². The molecule has 4 bridgehead atoms. The van der Waals surface area contributed by atoms with Gasteiger partial charge in [0.05, 0.1) is 0 Å². The predicted molar refractivity (Wildman–Crippen MR) is 91.7 cm³/mol. The molecule has 0 heterocycles. The van der Waals surface area contributed by atoms with E-state index in [1.165, 1.54) is 54.9 Å². The van der Waals surface area contributed by atoms with Gasteiger partial charge in [0.15, 0.2) is 0 Å². The Morgan fingerprint density at radius 3 is 2.18 bits per heavy atom. The summed E-state index contributed by atoms with van der Waals surface area (Å²) in [5, 5.41) is 6.82. The summed E-state index contributed by atoms with van der Waals surface area (Å²) in [6.45, 7) is 1.04. The van der Waals surface area contributed by atoms with Gasteiger partial charge in [0.1, 0.15) is 0 Å². The Morgan fingerprint density at radius 2 is 1.45 bits per heavy atom. The fraction of sp³-hybridized carbons (Fsp3) is 0.524. The lowest BCUT2D eigenvalue weighted by molar-refractivity contribution is -0.0205. The maximum Gasteiger partial charge on any atom is 0.0216 e. The van der Waals surface area contributed by atoms with Gasteiger partial charge in [-0.15, -0.1) is 0 Å². The molecule has 0 unspecified atom stereocenters. The second kappa shape index (κ2) is 4.83. The second-order valence-corrected chi connectivity index (χ2v) is 8.19. The normalized spacial score (nSPS) is 36.1. The van der Waals surface area contributed by atoms with Crippen LogP contribution in [0.2, 0.25) is 0 Å². The molecule has 0 atom stereocenters. The zero-order valence-electron chi connectivity index (χ0n) is 13.2. The standard InChI is InChI=1S/C21H25N/c1-2-7-20-18(4-1)5-3-6-19(20)14-22-21-11-15-8-16(12-21)10-17(9-15)13-21/h1-7,15-17,22H,8-14H2. The second-order valence-electron chi connectivity index (χ2n) is 8.19. The molecule has 4 aliphatic carbocycles. The van der Waals surface area contributed by atoms with E-state index in [2.05, 4.69) is 47.8 Å². The summed E-state index contributed by atoms with van der Waals surface area (Å²) >= 11 is 0. The summed E-state index contributed by atoms with van der Waals surface area (Å²) in [7, 11) is 0. The van der Waals surface area contributed by atoms with Crippen molar-refractivity contribution < 1.29 is 0 Å². The van der Waals surface area contributed by atoms with E-state index in [-0.39, 0.29) is 0 Å². The van der Waals surface area contributed by atoms with Crippen molar-refractivity contribution >= 4 is 10.8 Å². The van der Waals surface area contributed by atoms with E-state index >= 15 is 0 Å². The fourth-order valence-electron chi connectivity index (χ4n) is 6.06. The maximum absolute atomic E-state index is 4.04. The van der Waals surface area contributed by atoms with Crippen molar-refractivity contribution in [1.29, 1.82) is 0 Å². The Morgan fingerprint density at radius 1 is 0.818 bits per heavy atom. The van der Waals surface area contributed by atoms with E-state index < -0.39 is 0 Å². The van der Waals surface area contributed by atoms with Gasteiger partial charge >= 0.3 is 0 Å². The molecule has 4 aliphatic rings. The largest absolute Gasteiger partial charge is 0.307 e. The lowest BCUT2D eigenvalue weighted by Crippen LogP contribution is -2.58. The molecule has 4 fully saturated rings. The van der Waals surface area contributed by atoms with Crippen molar-refractivity contribution in [3.05, 3.63) is 48.0 Å². The van der Waals surface area contributed by atoms with Crippen LogP contribution in [0.4, 0.5) is 0 Å². The first-order valence-electron chi connectivity index (χ1n) is 9.01. The summed E-state index contributed by atoms with van der Waals surface area (Å²) in [5.74, 6) is 3.06. The lowest BCUT2D eigenvalue weighted by Gasteiger charge is -2.57. The zero-order valence-corrected chi connectivity index (χ0v) is 13.2. The molecular weight excluding hydrogens is 266 g/mol. The van der Waals surface area contributed by atoms with Gasteiger partial charge < -0.3 is 5.32 Å². The minimum Gasteiger partial charge on any atom is -0.307 e. The van der Waals surface area contributed by atoms with Crippen molar-refractivity contribution in [2.24, 2.45) is 17.8 Å². The average molecular weight is 291 g/mol. The third-order valence-electron chi connectivity index (χ3n) is 6.57. The van der Waals surface area contributed by atoms with Crippen molar-refractivity contribution in [1.82, 2.24) is 5.32 Å². The smallest absolute Gasteiger partial charge is 0.0216 e. The maximum atomic E-state index is 4.04. The highest BCUT2D eigenvalue weighted by atomic mass is 15.0. The van der Waals surface area contributed by atoms with Gasteiger partial charge in [0.25, 0.3) is 0 Å². The molecule has 4 saturated carbocycles. The molecule has 0 aliphatic heterocycles. The van der Waals surface area contributed by atoms with Crippen LogP contribution in [-0.4, -0.2) is 5.54 Å². The topological polar surface area (TPSA) is 12.0 Å². The number of rotatable bonds is 3. The van der Waals surface area contributed by atoms with Crippen LogP contribution >= 0.6 is 0 Å². The third kappa shape index (κ3) is 2.10. The molecule has 22 heavy (non-hydrogen) atoms. The lowest BCUT2D eigenvalue weighted by atomic mass is 9.53. The SMILES string of the molecule is c1ccc2c(CNC34CC5CC(CC(C5)C3)C4)cccc2c1. The first-order valence-corrected chi connectivity index (χ1v) is 9.01. The van der Waals surface area contributed by atoms with E-state index in [9.17, 15) is 0 Å². The third-order valence-corrected chi connectivity index (χ3v) is 6.57. The predicted octanol–water partition coefficient (Wildman–Crippen LogP) is 4.90. The molecule has 0 aromatic heterocycles. The van der Waals surface area contributed by atoms with Gasteiger partial charge in [-0.25, -0.2) is 0 Å². The van der Waals surface area contributed by atoms with Gasteiger partial charge in [-0.3, -0.25) is 0 Å². The number of hydrogen-bond donors (Lipinski definition) is 1. The van der Waals surface area contributed by atoms with E-state index in [0.29, 0.717) is 5.54 Å². The molecule has 1 heteroatoms. The molecule has 2 aromatic carbocycles. The summed E-state index contributed by atoms with van der Waals surface area (Å²) < 4.78 is 0. The number of benzene rings is 2. The highest BCUT2D eigenvalue weighted by Crippen LogP contribution is 2.55. The molecule has 114 valence electrons. The zero-order chi connectivity index (χ0) is 14.6. The Labute approximate surface area is 133 Å². The van der Waals surface area contributed by atoms with Gasteiger partial charge in [-0.1, -0.05) is 42.5 Å². The van der Waals surface area contributed by atoms with Crippen LogP contribution in [0.1, 0.15) is 44.1 Å². The minimum atomic E-state index is 0.464. The van der Waals surface area contributed by atoms with Crippen LogP contribution in [0.5, 0.6) is 0 Å². The Bertz CT molecular complexity index is 661. The van der Waals surface area contributed by atoms with Gasteiger partial charge in [0, 0.05) is 12.1 Å². The molecule has 0 spiro atoms. The molecule has 0 saturated heterocycles. The van der Waals surface area contributed by atoms with E-state index in [4.69, 9.17) is 0 Å². The fourth-order valence-corrected chi connectivity index (χ4v) is 6.06. The molecular formula is C21H25N. The quantitative estimate of drug-likeness (QED) is 0.848. The Hall–Kier alpha value is -1.34. The first kappa shape index (κ1) is 13.1. The highest BCUT2D eigenvalue weighted by Gasteiger charge is 2.50. The van der Waals surface area contributed by atoms with Crippen LogP contribution in [0.25, 0.3) is 10.8 Å². The van der Waals surface area contributed by atoms with Crippen LogP contribution in [-0.2, 0) is 6.54 Å². The highest BCUT2D eigenvalue weighted by molar-refractivity contribution is 5.85. The van der Waals surface area contributed by atoms with E-state index in [1.807, 2.05) is 0 Å². The summed E-state index contributed by atoms with van der Waals surface area (Å²) in [6.07, 6.45) is 8.87. The Kier molecular flexibility index (Phi) is 2.88.